The molecule has 0 bridgehead atoms. The molecule has 0 saturated carbocycles. The molecule has 1 unspecified atom stereocenters. The molecule has 1 atom stereocenters. The van der Waals surface area contributed by atoms with Crippen LogP contribution in [0.3, 0.4) is 0 Å². The van der Waals surface area contributed by atoms with E-state index < -0.39 is 0 Å². The highest BCUT2D eigenvalue weighted by molar-refractivity contribution is 6.30. The maximum absolute atomic E-state index is 5.91. The highest BCUT2D eigenvalue weighted by Gasteiger charge is 2.09. The summed E-state index contributed by atoms with van der Waals surface area (Å²) in [6.07, 6.45) is 2.80. The van der Waals surface area contributed by atoms with E-state index in [1.165, 1.54) is 5.56 Å². The third-order valence-electron chi connectivity index (χ3n) is 2.79. The highest BCUT2D eigenvalue weighted by atomic mass is 35.5. The minimum absolute atomic E-state index is 0.224. The van der Waals surface area contributed by atoms with Crippen molar-refractivity contribution in [2.45, 2.75) is 12.5 Å². The molecule has 0 aromatic heterocycles. The molecule has 0 saturated heterocycles. The molecule has 2 aromatic carbocycles. The van der Waals surface area contributed by atoms with Crippen LogP contribution < -0.4 is 5.32 Å². The molecule has 0 aliphatic rings. The molecule has 1 N–H and O–H groups in total. The molecule has 18 heavy (non-hydrogen) atoms. The van der Waals surface area contributed by atoms with Gasteiger partial charge in [-0.05, 0) is 36.2 Å². The van der Waals surface area contributed by atoms with E-state index in [9.17, 15) is 0 Å². The summed E-state index contributed by atoms with van der Waals surface area (Å²) in [6.45, 7) is 3.82. The Hall–Kier alpha value is -1.73. The molecule has 0 spiro atoms. The van der Waals surface area contributed by atoms with Gasteiger partial charge in [-0.3, -0.25) is 0 Å². The van der Waals surface area contributed by atoms with Gasteiger partial charge in [0.15, 0.2) is 0 Å². The summed E-state index contributed by atoms with van der Waals surface area (Å²) < 4.78 is 0. The Bertz CT molecular complexity index is 490. The van der Waals surface area contributed by atoms with Crippen molar-refractivity contribution in [3.05, 3.63) is 77.8 Å². The number of nitrogens with one attached hydrogen (secondary N) is 1. The van der Waals surface area contributed by atoms with E-state index in [0.717, 1.165) is 17.1 Å². The van der Waals surface area contributed by atoms with Gasteiger partial charge in [0.2, 0.25) is 0 Å². The van der Waals surface area contributed by atoms with Crippen LogP contribution in [0.4, 0.5) is 5.69 Å². The number of hydrogen-bond donors (Lipinski definition) is 1. The quantitative estimate of drug-likeness (QED) is 0.738. The minimum Gasteiger partial charge on any atom is -0.378 e. The first-order chi connectivity index (χ1) is 8.79. The zero-order chi connectivity index (χ0) is 12.8. The average Bonchev–Trinajstić information content (AvgIpc) is 2.40. The summed E-state index contributed by atoms with van der Waals surface area (Å²) in [5, 5.41) is 4.26. The molecule has 0 amide bonds. The summed E-state index contributed by atoms with van der Waals surface area (Å²) in [5.74, 6) is 0. The van der Waals surface area contributed by atoms with E-state index in [4.69, 9.17) is 11.6 Å². The number of hydrogen-bond acceptors (Lipinski definition) is 1. The maximum Gasteiger partial charge on any atom is 0.0548 e. The normalized spacial score (nSPS) is 11.8. The number of benzene rings is 2. The van der Waals surface area contributed by atoms with Gasteiger partial charge in [-0.1, -0.05) is 48.0 Å². The second-order valence-electron chi connectivity index (χ2n) is 4.14. The Morgan fingerprint density at radius 1 is 1.06 bits per heavy atom. The van der Waals surface area contributed by atoms with Crippen LogP contribution in [0.15, 0.2) is 67.3 Å². The molecule has 1 nitrogen and oxygen atoms in total. The maximum atomic E-state index is 5.91. The van der Waals surface area contributed by atoms with Gasteiger partial charge < -0.3 is 5.32 Å². The van der Waals surface area contributed by atoms with Gasteiger partial charge in [-0.15, -0.1) is 6.58 Å². The second kappa shape index (κ2) is 6.27. The van der Waals surface area contributed by atoms with Crippen molar-refractivity contribution in [3.63, 3.8) is 0 Å². The predicted octanol–water partition coefficient (Wildman–Crippen LogP) is 5.07. The van der Waals surface area contributed by atoms with Crippen LogP contribution in [0.2, 0.25) is 5.02 Å². The fourth-order valence-electron chi connectivity index (χ4n) is 1.88. The summed E-state index contributed by atoms with van der Waals surface area (Å²) in [6, 6.07) is 18.3. The van der Waals surface area contributed by atoms with E-state index >= 15 is 0 Å². The van der Waals surface area contributed by atoms with Gasteiger partial charge in [-0.2, -0.15) is 0 Å². The van der Waals surface area contributed by atoms with Crippen molar-refractivity contribution in [1.82, 2.24) is 0 Å². The Kier molecular flexibility index (Phi) is 4.43. The topological polar surface area (TPSA) is 12.0 Å². The Balaban J connectivity index is 2.18. The smallest absolute Gasteiger partial charge is 0.0548 e. The van der Waals surface area contributed by atoms with Crippen molar-refractivity contribution in [2.24, 2.45) is 0 Å². The van der Waals surface area contributed by atoms with Crippen molar-refractivity contribution >= 4 is 17.3 Å². The molecular weight excluding hydrogens is 242 g/mol. The van der Waals surface area contributed by atoms with Crippen LogP contribution in [-0.2, 0) is 0 Å². The first kappa shape index (κ1) is 12.7. The molecular formula is C16H16ClN. The molecule has 0 aliphatic heterocycles. The molecule has 0 heterocycles. The van der Waals surface area contributed by atoms with E-state index in [1.54, 1.807) is 0 Å². The number of halogens is 1. The van der Waals surface area contributed by atoms with E-state index in [-0.39, 0.29) is 6.04 Å². The number of para-hydroxylation sites is 1. The molecule has 2 aromatic rings. The highest BCUT2D eigenvalue weighted by Crippen LogP contribution is 2.24. The van der Waals surface area contributed by atoms with E-state index in [1.807, 2.05) is 48.5 Å². The first-order valence-electron chi connectivity index (χ1n) is 5.97. The van der Waals surface area contributed by atoms with Gasteiger partial charge in [0, 0.05) is 10.7 Å². The monoisotopic (exact) mass is 257 g/mol. The average molecular weight is 258 g/mol. The molecule has 2 rings (SSSR count). The van der Waals surface area contributed by atoms with Crippen LogP contribution in [0, 0.1) is 0 Å². The first-order valence-corrected chi connectivity index (χ1v) is 6.35. The minimum atomic E-state index is 0.224. The van der Waals surface area contributed by atoms with Crippen molar-refractivity contribution in [2.75, 3.05) is 5.32 Å². The van der Waals surface area contributed by atoms with Gasteiger partial charge >= 0.3 is 0 Å². The van der Waals surface area contributed by atoms with E-state index in [2.05, 4.69) is 24.0 Å². The van der Waals surface area contributed by atoms with Gasteiger partial charge in [0.25, 0.3) is 0 Å². The fraction of sp³-hybridized carbons (Fsp3) is 0.125. The van der Waals surface area contributed by atoms with Crippen LogP contribution in [0.5, 0.6) is 0 Å². The molecule has 0 aliphatic carbocycles. The lowest BCUT2D eigenvalue weighted by Crippen LogP contribution is -2.09. The summed E-state index contributed by atoms with van der Waals surface area (Å²) in [4.78, 5) is 0. The summed E-state index contributed by atoms with van der Waals surface area (Å²) in [7, 11) is 0. The lowest BCUT2D eigenvalue weighted by molar-refractivity contribution is 0.799. The summed E-state index contributed by atoms with van der Waals surface area (Å²) in [5.41, 5.74) is 2.32. The lowest BCUT2D eigenvalue weighted by Gasteiger charge is -2.19. The fourth-order valence-corrected chi connectivity index (χ4v) is 2.00. The van der Waals surface area contributed by atoms with Crippen LogP contribution in [0.25, 0.3) is 0 Å². The molecule has 0 fully saturated rings. The third-order valence-corrected chi connectivity index (χ3v) is 3.04. The molecule has 2 heteroatoms. The number of rotatable bonds is 5. The zero-order valence-electron chi connectivity index (χ0n) is 10.1. The molecule has 0 radical (unpaired) electrons. The molecule has 92 valence electrons. The Labute approximate surface area is 113 Å². The van der Waals surface area contributed by atoms with Gasteiger partial charge in [-0.25, -0.2) is 0 Å². The van der Waals surface area contributed by atoms with Crippen molar-refractivity contribution < 1.29 is 0 Å². The second-order valence-corrected chi connectivity index (χ2v) is 4.58. The third kappa shape index (κ3) is 3.38. The van der Waals surface area contributed by atoms with Crippen LogP contribution in [-0.4, -0.2) is 0 Å². The van der Waals surface area contributed by atoms with E-state index in [0.29, 0.717) is 0 Å². The van der Waals surface area contributed by atoms with Crippen molar-refractivity contribution in [1.29, 1.82) is 0 Å². The van der Waals surface area contributed by atoms with Crippen LogP contribution >= 0.6 is 11.6 Å². The Morgan fingerprint density at radius 2 is 1.72 bits per heavy atom. The number of anilines is 1. The van der Waals surface area contributed by atoms with Crippen molar-refractivity contribution in [3.8, 4) is 0 Å². The van der Waals surface area contributed by atoms with Gasteiger partial charge in [0.1, 0.15) is 0 Å². The zero-order valence-corrected chi connectivity index (χ0v) is 10.9. The Morgan fingerprint density at radius 3 is 2.33 bits per heavy atom. The SMILES string of the molecule is C=CCC(Nc1ccccc1)c1ccc(Cl)cc1. The largest absolute Gasteiger partial charge is 0.378 e. The predicted molar refractivity (Wildman–Crippen MR) is 79.1 cm³/mol. The standard InChI is InChI=1S/C16H16ClN/c1-2-6-16(13-9-11-14(17)12-10-13)18-15-7-4-3-5-8-15/h2-5,7-12,16,18H,1,6H2. The van der Waals surface area contributed by atoms with Gasteiger partial charge in [0.05, 0.1) is 6.04 Å². The lowest BCUT2D eigenvalue weighted by atomic mass is 10.0. The summed E-state index contributed by atoms with van der Waals surface area (Å²) >= 11 is 5.91. The van der Waals surface area contributed by atoms with Crippen LogP contribution in [0.1, 0.15) is 18.0 Å².